The van der Waals surface area contributed by atoms with E-state index in [-0.39, 0.29) is 26.4 Å². The van der Waals surface area contributed by atoms with Gasteiger partial charge in [0.1, 0.15) is 36.9 Å². The predicted octanol–water partition coefficient (Wildman–Crippen LogP) is 10.1. The molecule has 0 saturated heterocycles. The molecule has 49 heavy (non-hydrogen) atoms. The number of hydrogen-bond donors (Lipinski definition) is 2. The first kappa shape index (κ1) is 39.0. The van der Waals surface area contributed by atoms with Gasteiger partial charge in [0, 0.05) is 44.5 Å². The Morgan fingerprint density at radius 2 is 1.02 bits per heavy atom. The summed E-state index contributed by atoms with van der Waals surface area (Å²) in [4.78, 5) is 2.20. The van der Waals surface area contributed by atoms with Crippen molar-refractivity contribution in [3.63, 3.8) is 0 Å². The van der Waals surface area contributed by atoms with Crippen molar-refractivity contribution in [3.05, 3.63) is 72.8 Å². The van der Waals surface area contributed by atoms with Gasteiger partial charge in [-0.05, 0) is 55.0 Å². The first-order valence-electron chi connectivity index (χ1n) is 18.5. The molecular weight excluding hydrogens is 633 g/mol. The van der Waals surface area contributed by atoms with Crippen molar-refractivity contribution in [2.24, 2.45) is 11.8 Å². The molecule has 7 heteroatoms. The average Bonchev–Trinajstić information content (AvgIpc) is 3.12. The quantitative estimate of drug-likeness (QED) is 0.0560. The van der Waals surface area contributed by atoms with Crippen molar-refractivity contribution >= 4 is 33.3 Å². The summed E-state index contributed by atoms with van der Waals surface area (Å²) >= 11 is 1.68. The minimum atomic E-state index is -0.761. The van der Waals surface area contributed by atoms with Crippen LogP contribution in [0.4, 0.5) is 0 Å². The molecule has 0 spiro atoms. The highest BCUT2D eigenvalue weighted by Gasteiger charge is 2.20. The Kier molecular flexibility index (Phi) is 17.0. The molecule has 4 atom stereocenters. The molecule has 268 valence electrons. The van der Waals surface area contributed by atoms with Gasteiger partial charge in [-0.2, -0.15) is 0 Å². The van der Waals surface area contributed by atoms with Crippen LogP contribution in [0.3, 0.4) is 0 Å². The maximum Gasteiger partial charge on any atom is 0.135 e. The van der Waals surface area contributed by atoms with E-state index < -0.39 is 12.2 Å². The van der Waals surface area contributed by atoms with E-state index in [9.17, 15) is 10.2 Å². The standard InChI is InChI=1S/C42H58O6S/c1-5-14-31(7-3)22-24-45-27-33(43)29-47-41-37-18-12-13-19-38(37)42(48-30-34(44)28-46-25-23-32(8-4)15-6-2)40-26-36(20-21-39(40)41)49-35-16-10-9-11-17-35/h9-13,16-21,26,31-34,43-44H,5-8,14-15,22-25,27-30H2,1-4H3. The summed E-state index contributed by atoms with van der Waals surface area (Å²) in [6, 6.07) is 24.6. The molecule has 0 aliphatic carbocycles. The lowest BCUT2D eigenvalue weighted by atomic mass is 9.98. The molecule has 4 aromatic carbocycles. The lowest BCUT2D eigenvalue weighted by Crippen LogP contribution is -2.24. The number of ether oxygens (including phenoxy) is 4. The molecule has 0 bridgehead atoms. The van der Waals surface area contributed by atoms with Gasteiger partial charge in [-0.25, -0.2) is 0 Å². The molecule has 4 unspecified atom stereocenters. The summed E-state index contributed by atoms with van der Waals surface area (Å²) < 4.78 is 24.6. The van der Waals surface area contributed by atoms with E-state index in [4.69, 9.17) is 18.9 Å². The summed E-state index contributed by atoms with van der Waals surface area (Å²) in [7, 11) is 0. The van der Waals surface area contributed by atoms with E-state index in [1.54, 1.807) is 11.8 Å². The van der Waals surface area contributed by atoms with Gasteiger partial charge in [-0.3, -0.25) is 0 Å². The number of aliphatic hydroxyl groups is 2. The van der Waals surface area contributed by atoms with Crippen LogP contribution in [-0.2, 0) is 9.47 Å². The SMILES string of the molecule is CCCC(CC)CCOCC(O)COc1c2ccccc2c(OCC(O)COCCC(CC)CCC)c2cc(Sc3ccccc3)ccc12. The van der Waals surface area contributed by atoms with Gasteiger partial charge in [-0.1, -0.05) is 120 Å². The van der Waals surface area contributed by atoms with Crippen molar-refractivity contribution in [3.8, 4) is 11.5 Å². The van der Waals surface area contributed by atoms with E-state index in [1.807, 2.05) is 42.5 Å². The third-order valence-electron chi connectivity index (χ3n) is 9.23. The minimum Gasteiger partial charge on any atom is -0.489 e. The van der Waals surface area contributed by atoms with Crippen LogP contribution in [0.5, 0.6) is 11.5 Å². The zero-order valence-corrected chi connectivity index (χ0v) is 30.9. The second kappa shape index (κ2) is 21.4. The van der Waals surface area contributed by atoms with E-state index in [1.165, 1.54) is 25.7 Å². The highest BCUT2D eigenvalue weighted by atomic mass is 32.2. The van der Waals surface area contributed by atoms with Gasteiger partial charge in [0.05, 0.1) is 13.2 Å². The van der Waals surface area contributed by atoms with Crippen LogP contribution in [0.15, 0.2) is 82.6 Å². The molecule has 2 N–H and O–H groups in total. The summed E-state index contributed by atoms with van der Waals surface area (Å²) in [6.45, 7) is 10.9. The normalized spacial score (nSPS) is 14.2. The predicted molar refractivity (Wildman–Crippen MR) is 203 cm³/mol. The van der Waals surface area contributed by atoms with Crippen molar-refractivity contribution in [2.75, 3.05) is 39.6 Å². The Hall–Kier alpha value is -2.81. The van der Waals surface area contributed by atoms with Crippen molar-refractivity contribution in [1.29, 1.82) is 0 Å². The number of benzene rings is 4. The summed E-state index contributed by atoms with van der Waals surface area (Å²) in [5.41, 5.74) is 0. The van der Waals surface area contributed by atoms with E-state index >= 15 is 0 Å². The van der Waals surface area contributed by atoms with Crippen LogP contribution in [0, 0.1) is 11.8 Å². The molecule has 0 aliphatic heterocycles. The third-order valence-corrected chi connectivity index (χ3v) is 10.2. The zero-order chi connectivity index (χ0) is 34.8. The molecule has 0 heterocycles. The van der Waals surface area contributed by atoms with Crippen LogP contribution in [0.2, 0.25) is 0 Å². The number of aliphatic hydroxyl groups excluding tert-OH is 2. The van der Waals surface area contributed by atoms with Crippen molar-refractivity contribution in [1.82, 2.24) is 0 Å². The van der Waals surface area contributed by atoms with Crippen molar-refractivity contribution < 1.29 is 29.2 Å². The van der Waals surface area contributed by atoms with Crippen LogP contribution in [0.25, 0.3) is 21.5 Å². The number of fused-ring (bicyclic) bond motifs is 2. The van der Waals surface area contributed by atoms with Crippen molar-refractivity contribution in [2.45, 2.75) is 101 Å². The molecule has 4 aromatic rings. The van der Waals surface area contributed by atoms with Gasteiger partial charge in [0.25, 0.3) is 0 Å². The first-order chi connectivity index (χ1) is 24.0. The molecule has 0 fully saturated rings. The monoisotopic (exact) mass is 690 g/mol. The smallest absolute Gasteiger partial charge is 0.135 e. The molecule has 0 saturated carbocycles. The van der Waals surface area contributed by atoms with Crippen LogP contribution < -0.4 is 9.47 Å². The average molecular weight is 691 g/mol. The Morgan fingerprint density at radius 3 is 1.53 bits per heavy atom. The van der Waals surface area contributed by atoms with E-state index in [2.05, 4.69) is 58.0 Å². The largest absolute Gasteiger partial charge is 0.489 e. The Bertz CT molecular complexity index is 1510. The second-order valence-corrected chi connectivity index (χ2v) is 14.3. The molecule has 0 amide bonds. The number of rotatable bonds is 24. The highest BCUT2D eigenvalue weighted by molar-refractivity contribution is 7.99. The van der Waals surface area contributed by atoms with Crippen LogP contribution in [0.1, 0.15) is 79.1 Å². The molecule has 0 radical (unpaired) electrons. The fraction of sp³-hybridized carbons (Fsp3) is 0.524. The van der Waals surface area contributed by atoms with Gasteiger partial charge < -0.3 is 29.2 Å². The summed E-state index contributed by atoms with van der Waals surface area (Å²) in [6.07, 6.45) is 7.59. The van der Waals surface area contributed by atoms with Gasteiger partial charge >= 0.3 is 0 Å². The Labute approximate surface area is 298 Å². The van der Waals surface area contributed by atoms with Crippen LogP contribution >= 0.6 is 11.8 Å². The van der Waals surface area contributed by atoms with E-state index in [0.29, 0.717) is 36.5 Å². The summed E-state index contributed by atoms with van der Waals surface area (Å²) in [5.74, 6) is 2.73. The highest BCUT2D eigenvalue weighted by Crippen LogP contribution is 2.44. The maximum absolute atomic E-state index is 10.9. The molecule has 6 nitrogen and oxygen atoms in total. The molecule has 0 aromatic heterocycles. The first-order valence-corrected chi connectivity index (χ1v) is 19.3. The van der Waals surface area contributed by atoms with Gasteiger partial charge in [0.2, 0.25) is 0 Å². The zero-order valence-electron chi connectivity index (χ0n) is 30.1. The Morgan fingerprint density at radius 1 is 0.531 bits per heavy atom. The lowest BCUT2D eigenvalue weighted by molar-refractivity contribution is 0.00803. The molecule has 0 aliphatic rings. The number of hydrogen-bond acceptors (Lipinski definition) is 7. The molecular formula is C42H58O6S. The Balaban J connectivity index is 1.53. The van der Waals surface area contributed by atoms with E-state index in [0.717, 1.165) is 57.0 Å². The fourth-order valence-corrected chi connectivity index (χ4v) is 7.27. The minimum absolute atomic E-state index is 0.106. The third kappa shape index (κ3) is 12.2. The maximum atomic E-state index is 10.9. The van der Waals surface area contributed by atoms with Gasteiger partial charge in [-0.15, -0.1) is 0 Å². The second-order valence-electron chi connectivity index (χ2n) is 13.1. The lowest BCUT2D eigenvalue weighted by Gasteiger charge is -2.21. The molecule has 4 rings (SSSR count). The fourth-order valence-electron chi connectivity index (χ4n) is 6.39. The van der Waals surface area contributed by atoms with Gasteiger partial charge in [0.15, 0.2) is 0 Å². The summed E-state index contributed by atoms with van der Waals surface area (Å²) in [5, 5.41) is 25.3. The topological polar surface area (TPSA) is 77.4 Å². The van der Waals surface area contributed by atoms with Crippen LogP contribution in [-0.4, -0.2) is 62.1 Å².